The molecule has 0 saturated heterocycles. The smallest absolute Gasteiger partial charge is 0.196 e. The summed E-state index contributed by atoms with van der Waals surface area (Å²) in [6.45, 7) is 2.42. The molecule has 2 aromatic carbocycles. The fourth-order valence-corrected chi connectivity index (χ4v) is 4.26. The lowest BCUT2D eigenvalue weighted by Crippen LogP contribution is -2.26. The first-order valence-electron chi connectivity index (χ1n) is 10.4. The van der Waals surface area contributed by atoms with E-state index < -0.39 is 0 Å². The molecule has 1 aliphatic carbocycles. The molecule has 3 aromatic rings. The van der Waals surface area contributed by atoms with E-state index in [1.165, 1.54) is 0 Å². The van der Waals surface area contributed by atoms with E-state index >= 15 is 0 Å². The Morgan fingerprint density at radius 1 is 0.903 bits per heavy atom. The molecule has 0 aliphatic heterocycles. The molecule has 31 heavy (non-hydrogen) atoms. The fraction of sp³-hybridized carbons (Fsp3) is 0.304. The minimum absolute atomic E-state index is 0.167. The first kappa shape index (κ1) is 21.0. The van der Waals surface area contributed by atoms with E-state index in [2.05, 4.69) is 20.5 Å². The van der Waals surface area contributed by atoms with Gasteiger partial charge >= 0.3 is 0 Å². The number of hydrogen-bond acceptors (Lipinski definition) is 7. The van der Waals surface area contributed by atoms with Gasteiger partial charge in [-0.1, -0.05) is 24.3 Å². The highest BCUT2D eigenvalue weighted by molar-refractivity contribution is 6.35. The summed E-state index contributed by atoms with van der Waals surface area (Å²) in [5.74, 6) is -0.342. The quantitative estimate of drug-likeness (QED) is 0.275. The lowest BCUT2D eigenvalue weighted by Gasteiger charge is -2.25. The Bertz CT molecular complexity index is 1160. The van der Waals surface area contributed by atoms with Crippen molar-refractivity contribution in [1.29, 1.82) is 0 Å². The summed E-state index contributed by atoms with van der Waals surface area (Å²) >= 11 is 0. The number of nitrogens with one attached hydrogen (secondary N) is 3. The molecule has 1 heterocycles. The van der Waals surface area contributed by atoms with Crippen LogP contribution in [-0.2, 0) is 6.54 Å². The van der Waals surface area contributed by atoms with Gasteiger partial charge in [0, 0.05) is 55.4 Å². The fourth-order valence-electron chi connectivity index (χ4n) is 4.26. The largest absolute Gasteiger partial charge is 0.383 e. The molecule has 0 radical (unpaired) electrons. The molecule has 0 spiro atoms. The lowest BCUT2D eigenvalue weighted by atomic mass is 9.81. The Morgan fingerprint density at radius 3 is 2.00 bits per heavy atom. The number of aromatic nitrogens is 1. The van der Waals surface area contributed by atoms with Gasteiger partial charge in [-0.05, 0) is 19.7 Å². The summed E-state index contributed by atoms with van der Waals surface area (Å²) in [6, 6.07) is 6.97. The molecule has 0 unspecified atom stereocenters. The SMILES string of the molecule is CN(C)Cc1c[nH]c2c(NCCN)c3c(c(NCCN)c12)C(=O)c1ccccc1C3=O. The Balaban J connectivity index is 2.09. The number of hydrogen-bond donors (Lipinski definition) is 5. The number of anilines is 2. The van der Waals surface area contributed by atoms with Gasteiger partial charge in [-0.15, -0.1) is 0 Å². The number of nitrogens with zero attached hydrogens (tertiary/aromatic N) is 1. The average Bonchev–Trinajstić information content (AvgIpc) is 3.17. The van der Waals surface area contributed by atoms with Gasteiger partial charge in [0.2, 0.25) is 0 Å². The van der Waals surface area contributed by atoms with Gasteiger partial charge in [-0.2, -0.15) is 0 Å². The van der Waals surface area contributed by atoms with Crippen LogP contribution < -0.4 is 22.1 Å². The minimum atomic E-state index is -0.175. The number of rotatable bonds is 8. The summed E-state index contributed by atoms with van der Waals surface area (Å²) in [7, 11) is 3.98. The van der Waals surface area contributed by atoms with Crippen LogP contribution in [0.15, 0.2) is 30.5 Å². The number of benzene rings is 2. The topological polar surface area (TPSA) is 129 Å². The van der Waals surface area contributed by atoms with Gasteiger partial charge < -0.3 is 32.0 Å². The molecule has 0 saturated carbocycles. The molecule has 1 aliphatic rings. The predicted octanol–water partition coefficient (Wildman–Crippen LogP) is 1.75. The van der Waals surface area contributed by atoms with Gasteiger partial charge in [-0.3, -0.25) is 9.59 Å². The molecule has 0 atom stereocenters. The summed E-state index contributed by atoms with van der Waals surface area (Å²) in [5.41, 5.74) is 16.2. The molecule has 0 amide bonds. The maximum Gasteiger partial charge on any atom is 0.196 e. The summed E-state index contributed by atoms with van der Waals surface area (Å²) in [4.78, 5) is 32.7. The van der Waals surface area contributed by atoms with Crippen molar-refractivity contribution in [3.8, 4) is 0 Å². The first-order chi connectivity index (χ1) is 15.0. The van der Waals surface area contributed by atoms with Crippen LogP contribution in [0, 0.1) is 0 Å². The second kappa shape index (κ2) is 8.50. The summed E-state index contributed by atoms with van der Waals surface area (Å²) in [5, 5.41) is 7.53. The molecule has 8 heteroatoms. The van der Waals surface area contributed by atoms with Crippen LogP contribution in [0.4, 0.5) is 11.4 Å². The van der Waals surface area contributed by atoms with Crippen LogP contribution in [0.25, 0.3) is 10.9 Å². The van der Waals surface area contributed by atoms with Crippen LogP contribution in [0.3, 0.4) is 0 Å². The monoisotopic (exact) mass is 420 g/mol. The second-order valence-electron chi connectivity index (χ2n) is 7.94. The highest BCUT2D eigenvalue weighted by atomic mass is 16.1. The zero-order valence-corrected chi connectivity index (χ0v) is 17.8. The van der Waals surface area contributed by atoms with Crippen LogP contribution in [0.5, 0.6) is 0 Å². The van der Waals surface area contributed by atoms with E-state index in [0.29, 0.717) is 66.4 Å². The van der Waals surface area contributed by atoms with E-state index in [0.717, 1.165) is 16.5 Å². The number of carbonyl (C=O) groups is 2. The van der Waals surface area contributed by atoms with Crippen LogP contribution >= 0.6 is 0 Å². The van der Waals surface area contributed by atoms with Crippen molar-refractivity contribution in [2.24, 2.45) is 11.5 Å². The van der Waals surface area contributed by atoms with Crippen molar-refractivity contribution in [1.82, 2.24) is 9.88 Å². The Morgan fingerprint density at radius 2 is 1.45 bits per heavy atom. The third kappa shape index (κ3) is 3.48. The first-order valence-corrected chi connectivity index (χ1v) is 10.4. The number of aromatic amines is 1. The average molecular weight is 421 g/mol. The minimum Gasteiger partial charge on any atom is -0.383 e. The highest BCUT2D eigenvalue weighted by Crippen LogP contribution is 2.44. The van der Waals surface area contributed by atoms with Crippen molar-refractivity contribution >= 4 is 33.8 Å². The Hall–Kier alpha value is -3.20. The zero-order valence-electron chi connectivity index (χ0n) is 17.8. The molecule has 7 N–H and O–H groups in total. The van der Waals surface area contributed by atoms with Gasteiger partial charge in [0.15, 0.2) is 11.6 Å². The molecule has 4 rings (SSSR count). The van der Waals surface area contributed by atoms with Gasteiger partial charge in [0.1, 0.15) is 0 Å². The van der Waals surface area contributed by atoms with E-state index in [1.807, 2.05) is 20.3 Å². The standard InChI is InChI=1S/C23H28N6O2/c1-29(2)12-13-11-28-20-16(13)19(26-9-7-24)17-18(21(20)27-10-8-25)23(31)15-6-4-3-5-14(15)22(17)30/h3-6,11,26-28H,7-10,12,24-25H2,1-2H3. The van der Waals surface area contributed by atoms with Crippen LogP contribution in [-0.4, -0.2) is 61.7 Å². The number of fused-ring (bicyclic) bond motifs is 3. The van der Waals surface area contributed by atoms with Gasteiger partial charge in [-0.25, -0.2) is 0 Å². The van der Waals surface area contributed by atoms with E-state index in [1.54, 1.807) is 24.3 Å². The molecule has 0 fully saturated rings. The van der Waals surface area contributed by atoms with Crippen molar-refractivity contribution in [3.63, 3.8) is 0 Å². The molecule has 0 bridgehead atoms. The molecular weight excluding hydrogens is 392 g/mol. The normalized spacial score (nSPS) is 12.9. The highest BCUT2D eigenvalue weighted by Gasteiger charge is 2.36. The third-order valence-corrected chi connectivity index (χ3v) is 5.46. The maximum atomic E-state index is 13.7. The van der Waals surface area contributed by atoms with Crippen molar-refractivity contribution in [2.75, 3.05) is 50.9 Å². The number of ketones is 2. The number of nitrogens with two attached hydrogens (primary N) is 2. The Kier molecular flexibility index (Phi) is 5.77. The third-order valence-electron chi connectivity index (χ3n) is 5.46. The number of carbonyl (C=O) groups excluding carboxylic acids is 2. The maximum absolute atomic E-state index is 13.7. The van der Waals surface area contributed by atoms with Crippen LogP contribution in [0.1, 0.15) is 37.4 Å². The zero-order chi connectivity index (χ0) is 22.1. The van der Waals surface area contributed by atoms with Crippen LogP contribution in [0.2, 0.25) is 0 Å². The summed E-state index contributed by atoms with van der Waals surface area (Å²) in [6.07, 6.45) is 1.93. The summed E-state index contributed by atoms with van der Waals surface area (Å²) < 4.78 is 0. The lowest BCUT2D eigenvalue weighted by molar-refractivity contribution is 0.0980. The number of H-pyrrole nitrogens is 1. The molecular formula is C23H28N6O2. The van der Waals surface area contributed by atoms with E-state index in [4.69, 9.17) is 11.5 Å². The van der Waals surface area contributed by atoms with Gasteiger partial charge in [0.05, 0.1) is 28.0 Å². The van der Waals surface area contributed by atoms with Gasteiger partial charge in [0.25, 0.3) is 0 Å². The van der Waals surface area contributed by atoms with Crippen molar-refractivity contribution < 1.29 is 9.59 Å². The predicted molar refractivity (Wildman–Crippen MR) is 124 cm³/mol. The van der Waals surface area contributed by atoms with E-state index in [9.17, 15) is 9.59 Å². The Labute approximate surface area is 181 Å². The van der Waals surface area contributed by atoms with Crippen molar-refractivity contribution in [3.05, 3.63) is 58.3 Å². The molecule has 162 valence electrons. The van der Waals surface area contributed by atoms with Crippen molar-refractivity contribution in [2.45, 2.75) is 6.54 Å². The molecule has 1 aromatic heterocycles. The molecule has 8 nitrogen and oxygen atoms in total. The second-order valence-corrected chi connectivity index (χ2v) is 7.94. The van der Waals surface area contributed by atoms with E-state index in [-0.39, 0.29) is 11.6 Å².